The molecule has 0 N–H and O–H groups in total. The van der Waals surface area contributed by atoms with Crippen LogP contribution in [0.25, 0.3) is 22.6 Å². The Kier molecular flexibility index (Phi) is 9.95. The molecular weight excluding hydrogens is 549 g/mol. The van der Waals surface area contributed by atoms with Crippen LogP contribution >= 0.6 is 0 Å². The van der Waals surface area contributed by atoms with Crippen LogP contribution in [0, 0.1) is 6.92 Å². The summed E-state index contributed by atoms with van der Waals surface area (Å²) in [4.78, 5) is 30.2. The summed E-state index contributed by atoms with van der Waals surface area (Å²) >= 11 is 0. The maximum Gasteiger partial charge on any atom is 0.496 e. The molecule has 0 spiro atoms. The number of rotatable bonds is 5. The highest BCUT2D eigenvalue weighted by Crippen LogP contribution is 2.38. The monoisotopic (exact) mass is 593 g/mol. The zero-order valence-electron chi connectivity index (χ0n) is 27.4. The van der Waals surface area contributed by atoms with E-state index in [1.807, 2.05) is 79.7 Å². The number of aryl methyl sites for hydroxylation is 1. The Bertz CT molecular complexity index is 1400. The number of hydrogen-bond acceptors (Lipinski definition) is 9. The number of ether oxygens (including phenoxy) is 2. The van der Waals surface area contributed by atoms with Crippen molar-refractivity contribution in [3.63, 3.8) is 0 Å². The van der Waals surface area contributed by atoms with Crippen molar-refractivity contribution < 1.29 is 32.9 Å². The van der Waals surface area contributed by atoms with Crippen LogP contribution in [-0.2, 0) is 23.6 Å². The van der Waals surface area contributed by atoms with Crippen LogP contribution in [0.1, 0.15) is 74.8 Å². The molecular formula is C32H44BN3O7. The van der Waals surface area contributed by atoms with Crippen LogP contribution in [0.3, 0.4) is 0 Å². The number of aromatic nitrogens is 2. The predicted octanol–water partition coefficient (Wildman–Crippen LogP) is 6.34. The molecule has 10 nitrogen and oxygen atoms in total. The molecule has 3 aromatic rings. The SMILES string of the molecule is COC(C)(C)C.Cc1ccc(-c2cc(-c3cc(B4OC(C)(C)C(C)(C)O4)cnc3N(C=O)C(=O)OC(C)(C)C)on2)cc1. The standard InChI is InChI=1S/C27H32BN3O6.C5H12O/c1-17-9-11-18(12-10-17)21-14-22(35-30-21)20-13-19(28-36-26(5,6)27(7,8)37-28)15-29-23(20)31(16-32)24(33)34-25(2,3)4;1-5(2,3)6-4/h9-16H,1-8H3;1-4H3. The number of carbonyl (C=O) groups excluding carboxylic acids is 2. The van der Waals surface area contributed by atoms with Gasteiger partial charge in [-0.25, -0.2) is 9.78 Å². The molecule has 0 radical (unpaired) electrons. The summed E-state index contributed by atoms with van der Waals surface area (Å²) < 4.78 is 28.4. The smallest absolute Gasteiger partial charge is 0.443 e. The van der Waals surface area contributed by atoms with Crippen LogP contribution in [0.4, 0.5) is 10.6 Å². The lowest BCUT2D eigenvalue weighted by Crippen LogP contribution is -2.41. The number of carbonyl (C=O) groups is 2. The maximum atomic E-state index is 12.9. The van der Waals surface area contributed by atoms with Gasteiger partial charge in [-0.1, -0.05) is 35.0 Å². The van der Waals surface area contributed by atoms with Gasteiger partial charge in [0.25, 0.3) is 0 Å². The van der Waals surface area contributed by atoms with E-state index in [2.05, 4.69) is 10.1 Å². The molecule has 1 saturated heterocycles. The molecule has 1 aromatic carbocycles. The number of amides is 2. The van der Waals surface area contributed by atoms with Crippen molar-refractivity contribution in [1.82, 2.24) is 10.1 Å². The van der Waals surface area contributed by atoms with Gasteiger partial charge in [-0.2, -0.15) is 4.90 Å². The third-order valence-electron chi connectivity index (χ3n) is 7.07. The van der Waals surface area contributed by atoms with E-state index in [0.717, 1.165) is 16.0 Å². The van der Waals surface area contributed by atoms with Gasteiger partial charge in [-0.15, -0.1) is 0 Å². The number of pyridine rings is 1. The Hall–Kier alpha value is -3.54. The van der Waals surface area contributed by atoms with Gasteiger partial charge < -0.3 is 23.3 Å². The van der Waals surface area contributed by atoms with Gasteiger partial charge in [0, 0.05) is 30.4 Å². The lowest BCUT2D eigenvalue weighted by atomic mass is 9.79. The summed E-state index contributed by atoms with van der Waals surface area (Å²) in [6.45, 7) is 21.0. The molecule has 1 aliphatic rings. The van der Waals surface area contributed by atoms with Crippen molar-refractivity contribution in [3.8, 4) is 22.6 Å². The predicted molar refractivity (Wildman–Crippen MR) is 167 cm³/mol. The van der Waals surface area contributed by atoms with E-state index in [1.54, 1.807) is 40.0 Å². The molecule has 2 aromatic heterocycles. The molecule has 1 aliphatic heterocycles. The second-order valence-corrected chi connectivity index (χ2v) is 13.4. The zero-order chi connectivity index (χ0) is 32.4. The first-order valence-corrected chi connectivity index (χ1v) is 14.2. The Morgan fingerprint density at radius 2 is 1.51 bits per heavy atom. The van der Waals surface area contributed by atoms with Crippen LogP contribution in [0.2, 0.25) is 0 Å². The Labute approximate surface area is 255 Å². The fourth-order valence-electron chi connectivity index (χ4n) is 3.71. The summed E-state index contributed by atoms with van der Waals surface area (Å²) in [6.07, 6.45) is 1.02. The molecule has 1 fully saturated rings. The summed E-state index contributed by atoms with van der Waals surface area (Å²) in [5.41, 5.74) is 1.63. The largest absolute Gasteiger partial charge is 0.496 e. The molecule has 232 valence electrons. The van der Waals surface area contributed by atoms with E-state index in [-0.39, 0.29) is 11.4 Å². The highest BCUT2D eigenvalue weighted by atomic mass is 16.7. The second kappa shape index (κ2) is 12.6. The molecule has 11 heteroatoms. The molecule has 0 saturated carbocycles. The van der Waals surface area contributed by atoms with E-state index >= 15 is 0 Å². The van der Waals surface area contributed by atoms with Gasteiger partial charge in [0.1, 0.15) is 11.3 Å². The first-order valence-electron chi connectivity index (χ1n) is 14.2. The third kappa shape index (κ3) is 8.52. The summed E-state index contributed by atoms with van der Waals surface area (Å²) in [5.74, 6) is 0.350. The highest BCUT2D eigenvalue weighted by molar-refractivity contribution is 6.62. The lowest BCUT2D eigenvalue weighted by molar-refractivity contribution is -0.107. The summed E-state index contributed by atoms with van der Waals surface area (Å²) in [6, 6.07) is 11.3. The number of methoxy groups -OCH3 is 1. The third-order valence-corrected chi connectivity index (χ3v) is 7.07. The maximum absolute atomic E-state index is 12.9. The molecule has 2 amide bonds. The lowest BCUT2D eigenvalue weighted by Gasteiger charge is -2.32. The van der Waals surface area contributed by atoms with Gasteiger partial charge in [0.05, 0.1) is 22.4 Å². The minimum Gasteiger partial charge on any atom is -0.443 e. The number of imide groups is 1. The molecule has 4 rings (SSSR count). The average Bonchev–Trinajstić information content (AvgIpc) is 3.46. The van der Waals surface area contributed by atoms with Gasteiger partial charge in [-0.3, -0.25) is 4.79 Å². The minimum absolute atomic E-state index is 0.0381. The minimum atomic E-state index is -0.863. The fourth-order valence-corrected chi connectivity index (χ4v) is 3.71. The van der Waals surface area contributed by atoms with Crippen molar-refractivity contribution in [3.05, 3.63) is 48.2 Å². The normalized spacial score (nSPS) is 15.9. The number of anilines is 1. The van der Waals surface area contributed by atoms with Crippen molar-refractivity contribution >= 4 is 30.9 Å². The van der Waals surface area contributed by atoms with E-state index in [9.17, 15) is 9.59 Å². The molecule has 0 atom stereocenters. The van der Waals surface area contributed by atoms with E-state index in [1.165, 1.54) is 6.20 Å². The fraction of sp³-hybridized carbons (Fsp3) is 0.500. The van der Waals surface area contributed by atoms with Crippen LogP contribution in [0.5, 0.6) is 0 Å². The van der Waals surface area contributed by atoms with Crippen molar-refractivity contribution in [2.75, 3.05) is 12.0 Å². The molecule has 0 bridgehead atoms. The number of nitrogens with zero attached hydrogens (tertiary/aromatic N) is 3. The van der Waals surface area contributed by atoms with E-state index in [4.69, 9.17) is 23.3 Å². The molecule has 43 heavy (non-hydrogen) atoms. The van der Waals surface area contributed by atoms with Crippen LogP contribution in [0.15, 0.2) is 47.1 Å². The van der Waals surface area contributed by atoms with E-state index < -0.39 is 30.0 Å². The van der Waals surface area contributed by atoms with Gasteiger partial charge in [0.2, 0.25) is 6.41 Å². The van der Waals surface area contributed by atoms with Crippen molar-refractivity contribution in [2.45, 2.75) is 98.6 Å². The quantitative estimate of drug-likeness (QED) is 0.247. The van der Waals surface area contributed by atoms with Crippen molar-refractivity contribution in [1.29, 1.82) is 0 Å². The van der Waals surface area contributed by atoms with Gasteiger partial charge in [0.15, 0.2) is 11.6 Å². The number of hydrogen-bond donors (Lipinski definition) is 0. The Balaban J connectivity index is 0.000000765. The molecule has 0 aliphatic carbocycles. The first-order chi connectivity index (χ1) is 19.8. The zero-order valence-corrected chi connectivity index (χ0v) is 27.4. The summed E-state index contributed by atoms with van der Waals surface area (Å²) in [7, 11) is 0.996. The molecule has 0 unspecified atom stereocenters. The van der Waals surface area contributed by atoms with Crippen LogP contribution < -0.4 is 10.4 Å². The number of benzene rings is 1. The van der Waals surface area contributed by atoms with Crippen LogP contribution in [-0.4, -0.2) is 59.3 Å². The Morgan fingerprint density at radius 3 is 2.00 bits per heavy atom. The van der Waals surface area contributed by atoms with E-state index in [0.29, 0.717) is 28.9 Å². The molecule has 3 heterocycles. The highest BCUT2D eigenvalue weighted by Gasteiger charge is 2.52. The van der Waals surface area contributed by atoms with Crippen molar-refractivity contribution in [2.24, 2.45) is 0 Å². The first kappa shape index (κ1) is 34.0. The van der Waals surface area contributed by atoms with Gasteiger partial charge in [-0.05, 0) is 82.2 Å². The topological polar surface area (TPSA) is 113 Å². The summed E-state index contributed by atoms with van der Waals surface area (Å²) in [5, 5.41) is 4.21. The Morgan fingerprint density at radius 1 is 0.953 bits per heavy atom. The van der Waals surface area contributed by atoms with Gasteiger partial charge >= 0.3 is 13.2 Å². The second-order valence-electron chi connectivity index (χ2n) is 13.4. The average molecular weight is 594 g/mol.